The summed E-state index contributed by atoms with van der Waals surface area (Å²) in [5.41, 5.74) is -6.06. The molecule has 1 heterocycles. The lowest BCUT2D eigenvalue weighted by Crippen LogP contribution is -2.14. The molecule has 1 aliphatic carbocycles. The summed E-state index contributed by atoms with van der Waals surface area (Å²) in [6.07, 6.45) is 0. The Hall–Kier alpha value is -5.92. The van der Waals surface area contributed by atoms with E-state index in [1.54, 1.807) is 13.8 Å². The fraction of sp³-hybridized carbons (Fsp3) is 0.0638. The highest BCUT2D eigenvalue weighted by Crippen LogP contribution is 2.52. The van der Waals surface area contributed by atoms with Gasteiger partial charge in [-0.15, -0.1) is 0 Å². The number of furan rings is 1. The van der Waals surface area contributed by atoms with Crippen molar-refractivity contribution in [2.24, 2.45) is 0 Å². The molecule has 0 saturated carbocycles. The fourth-order valence-electron chi connectivity index (χ4n) is 6.72. The van der Waals surface area contributed by atoms with E-state index < -0.39 is 227 Å². The maximum atomic E-state index is 9.73. The fourth-order valence-corrected chi connectivity index (χ4v) is 6.72. The van der Waals surface area contributed by atoms with Crippen molar-refractivity contribution in [2.45, 2.75) is 19.3 Å². The molecule has 1 aromatic heterocycles. The molecule has 0 amide bonds. The lowest BCUT2D eigenvalue weighted by molar-refractivity contribution is 0.660. The summed E-state index contributed by atoms with van der Waals surface area (Å²) >= 11 is 0. The van der Waals surface area contributed by atoms with Crippen LogP contribution in [0.25, 0.3) is 88.0 Å². The lowest BCUT2D eigenvalue weighted by atomic mass is 9.82. The van der Waals surface area contributed by atoms with Gasteiger partial charge in [0, 0.05) is 16.2 Å². The predicted octanol–water partition coefficient (Wildman–Crippen LogP) is 13.2. The van der Waals surface area contributed by atoms with Crippen molar-refractivity contribution < 1.29 is 38.7 Å². The van der Waals surface area contributed by atoms with Crippen LogP contribution in [0.15, 0.2) is 162 Å². The lowest BCUT2D eigenvalue weighted by Gasteiger charge is -2.21. The predicted molar refractivity (Wildman–Crippen MR) is 203 cm³/mol. The number of para-hydroxylation sites is 1. The van der Waals surface area contributed by atoms with Crippen LogP contribution in [0.4, 0.5) is 0 Å². The van der Waals surface area contributed by atoms with Crippen LogP contribution in [0, 0.1) is 0 Å². The van der Waals surface area contributed by atoms with Crippen molar-refractivity contribution in [1.82, 2.24) is 0 Å². The van der Waals surface area contributed by atoms with Crippen LogP contribution >= 0.6 is 0 Å². The molecular formula is C47H32O. The molecule has 226 valence electrons. The molecule has 0 fully saturated rings. The van der Waals surface area contributed by atoms with E-state index in [1.165, 1.54) is 6.07 Å². The van der Waals surface area contributed by atoms with Crippen molar-refractivity contribution >= 4 is 43.5 Å². The first-order valence-electron chi connectivity index (χ1n) is 27.2. The molecule has 1 nitrogen and oxygen atoms in total. The van der Waals surface area contributed by atoms with E-state index in [0.29, 0.717) is 0 Å². The van der Waals surface area contributed by atoms with Crippen LogP contribution in [0.3, 0.4) is 0 Å². The third-order valence-electron chi connectivity index (χ3n) is 8.87. The largest absolute Gasteiger partial charge is 0.456 e. The Labute approximate surface area is 314 Å². The summed E-state index contributed by atoms with van der Waals surface area (Å²) in [5, 5.41) is -3.61. The maximum absolute atomic E-state index is 9.73. The molecule has 0 N–H and O–H groups in total. The Morgan fingerprint density at radius 2 is 0.958 bits per heavy atom. The number of hydrogen-bond acceptors (Lipinski definition) is 1. The minimum atomic E-state index is -1.27. The van der Waals surface area contributed by atoms with Gasteiger partial charge in [0.25, 0.3) is 0 Å². The molecule has 9 aromatic rings. The van der Waals surface area contributed by atoms with Crippen LogP contribution < -0.4 is 0 Å². The average molecular weight is 638 g/mol. The Kier molecular flexibility index (Phi) is 2.57. The van der Waals surface area contributed by atoms with Crippen LogP contribution in [0.2, 0.25) is 0 Å². The number of benzene rings is 8. The molecule has 0 aliphatic heterocycles. The summed E-state index contributed by atoms with van der Waals surface area (Å²) < 4.78 is 233. The first kappa shape index (κ1) is 12.3. The minimum Gasteiger partial charge on any atom is -0.456 e. The summed E-state index contributed by atoms with van der Waals surface area (Å²) in [7, 11) is 0. The second-order valence-electron chi connectivity index (χ2n) is 11.7. The average Bonchev–Trinajstić information content (AvgIpc) is 3.85. The maximum Gasteiger partial charge on any atom is 0.136 e. The highest BCUT2D eigenvalue weighted by atomic mass is 16.3. The molecule has 0 saturated heterocycles. The van der Waals surface area contributed by atoms with Crippen molar-refractivity contribution in [3.63, 3.8) is 0 Å². The smallest absolute Gasteiger partial charge is 0.136 e. The van der Waals surface area contributed by atoms with Crippen molar-refractivity contribution in [3.05, 3.63) is 168 Å². The second kappa shape index (κ2) is 10.0. The van der Waals surface area contributed by atoms with Gasteiger partial charge in [-0.25, -0.2) is 0 Å². The van der Waals surface area contributed by atoms with Gasteiger partial charge >= 0.3 is 0 Å². The van der Waals surface area contributed by atoms with E-state index in [4.69, 9.17) is 25.0 Å². The highest BCUT2D eigenvalue weighted by Gasteiger charge is 2.36. The number of fused-ring (bicyclic) bond motifs is 8. The Morgan fingerprint density at radius 1 is 0.417 bits per heavy atom. The van der Waals surface area contributed by atoms with Crippen molar-refractivity contribution in [3.8, 4) is 44.5 Å². The molecule has 0 spiro atoms. The van der Waals surface area contributed by atoms with E-state index in [1.807, 2.05) is 0 Å². The van der Waals surface area contributed by atoms with Crippen LogP contribution in [-0.4, -0.2) is 0 Å². The quantitative estimate of drug-likeness (QED) is 0.176. The van der Waals surface area contributed by atoms with Crippen molar-refractivity contribution in [1.29, 1.82) is 0 Å². The van der Waals surface area contributed by atoms with Gasteiger partial charge in [-0.2, -0.15) is 0 Å². The van der Waals surface area contributed by atoms with E-state index in [2.05, 4.69) is 0 Å². The zero-order valence-corrected chi connectivity index (χ0v) is 25.0. The van der Waals surface area contributed by atoms with E-state index in [9.17, 15) is 13.7 Å². The van der Waals surface area contributed by atoms with Gasteiger partial charge in [0.05, 0.1) is 34.3 Å². The third kappa shape index (κ3) is 3.73. The minimum absolute atomic E-state index is 0.0376. The number of rotatable bonds is 3. The van der Waals surface area contributed by atoms with Gasteiger partial charge in [-0.1, -0.05) is 159 Å². The molecule has 8 aromatic carbocycles. The molecule has 0 atom stereocenters. The monoisotopic (exact) mass is 637 g/mol. The standard InChI is InChI=1S/C47H32O/c1-47(2)39-21-9-7-17-36(39)45-31(19-11-22-40(45)47)29-25-27-30(28-26-29)43-32-13-3-5-15-34(32)44(35-16-6-4-14-33(35)43)38-20-12-24-42-46(38)37-18-8-10-23-41(37)48-42/h3-28H,1-2H3/i3D,4D,5D,6D,7D,8D,9D,10D,11D,12D,13D,14D,15D,16D,17D,18D,19D,20D,22D,23D,24D,25D,26D,27D,28D. The van der Waals surface area contributed by atoms with Crippen LogP contribution in [-0.2, 0) is 5.41 Å². The first-order valence-corrected chi connectivity index (χ1v) is 14.7. The molecule has 0 unspecified atom stereocenters. The third-order valence-corrected chi connectivity index (χ3v) is 8.87. The molecular weight excluding hydrogens is 581 g/mol. The van der Waals surface area contributed by atoms with Gasteiger partial charge in [0.1, 0.15) is 11.2 Å². The van der Waals surface area contributed by atoms with Gasteiger partial charge in [0.15, 0.2) is 0 Å². The SMILES string of the molecule is [2H]c1cc2c(c([2H])c1[2H])-c1c(-c3c([2H])c([2H])c(-c4c5c([2H])c([2H])c([2H])c([2H])c5c(-c5c([2H])c([2H])c([2H])c6oc7c([2H])c([2H])c([2H])c([2H])c7c56)c5c([2H])c([2H])c([2H])c([2H])c45)c([2H])c3[2H])c([2H])c([2H])c([2H])c1C2(C)C. The molecule has 0 radical (unpaired) electrons. The molecule has 10 rings (SSSR count). The Morgan fingerprint density at radius 3 is 1.69 bits per heavy atom. The van der Waals surface area contributed by atoms with Crippen LogP contribution in [0.1, 0.15) is 59.2 Å². The summed E-state index contributed by atoms with van der Waals surface area (Å²) in [6, 6.07) is -19.1. The topological polar surface area (TPSA) is 13.1 Å². The van der Waals surface area contributed by atoms with Gasteiger partial charge in [-0.05, 0) is 89.3 Å². The highest BCUT2D eigenvalue weighted by molar-refractivity contribution is 6.25. The Bertz CT molecular complexity index is 4060. The molecule has 1 heteroatoms. The molecule has 1 aliphatic rings. The van der Waals surface area contributed by atoms with E-state index in [0.717, 1.165) is 0 Å². The van der Waals surface area contributed by atoms with Crippen molar-refractivity contribution in [2.75, 3.05) is 0 Å². The normalized spacial score (nSPS) is 20.7. The van der Waals surface area contributed by atoms with Gasteiger partial charge in [-0.3, -0.25) is 0 Å². The van der Waals surface area contributed by atoms with E-state index >= 15 is 0 Å². The summed E-state index contributed by atoms with van der Waals surface area (Å²) in [4.78, 5) is 0. The molecule has 0 bridgehead atoms. The summed E-state index contributed by atoms with van der Waals surface area (Å²) in [6.45, 7) is 3.25. The Balaban J connectivity index is 1.46. The number of hydrogen-bond donors (Lipinski definition) is 0. The molecule has 48 heavy (non-hydrogen) atoms. The second-order valence-corrected chi connectivity index (χ2v) is 11.7. The zero-order valence-electron chi connectivity index (χ0n) is 50.0. The van der Waals surface area contributed by atoms with Crippen LogP contribution in [0.5, 0.6) is 0 Å². The van der Waals surface area contributed by atoms with Gasteiger partial charge in [0.2, 0.25) is 0 Å². The van der Waals surface area contributed by atoms with E-state index in [-0.39, 0.29) is 28.3 Å². The van der Waals surface area contributed by atoms with Gasteiger partial charge < -0.3 is 4.42 Å². The first-order chi connectivity index (χ1) is 34.0. The summed E-state index contributed by atoms with van der Waals surface area (Å²) in [5.74, 6) is 0. The zero-order chi connectivity index (χ0) is 53.7.